The fraction of sp³-hybridized carbons (Fsp3) is 0.875. The van der Waals surface area contributed by atoms with Crippen LogP contribution in [0.25, 0.3) is 20.9 Å². The van der Waals surface area contributed by atoms with E-state index in [-0.39, 0.29) is 36.4 Å². The average molecular weight is 611 g/mol. The van der Waals surface area contributed by atoms with Crippen LogP contribution in [0.4, 0.5) is 0 Å². The third kappa shape index (κ3) is 7.53. The second kappa shape index (κ2) is 16.0. The zero-order chi connectivity index (χ0) is 30.8. The summed E-state index contributed by atoms with van der Waals surface area (Å²) in [5.41, 5.74) is 19.1. The quantitative estimate of drug-likeness (QED) is 0.107. The number of aliphatic imine (C=N–C) groups is 1. The monoisotopic (exact) mass is 610 g/mol. The summed E-state index contributed by atoms with van der Waals surface area (Å²) in [6.07, 6.45) is 14.8. The van der Waals surface area contributed by atoms with Gasteiger partial charge in [-0.15, -0.1) is 0 Å². The molecule has 1 saturated heterocycles. The van der Waals surface area contributed by atoms with Gasteiger partial charge in [0.05, 0.1) is 6.10 Å². The average Bonchev–Trinajstić information content (AvgIpc) is 3.45. The Morgan fingerprint density at radius 3 is 2.45 bits per heavy atom. The largest absolute Gasteiger partial charge is 0.470 e. The van der Waals surface area contributed by atoms with Crippen LogP contribution in [0.15, 0.2) is 26.5 Å². The highest BCUT2D eigenvalue weighted by Crippen LogP contribution is 2.48. The maximum Gasteiger partial charge on any atom is 0.254 e. The molecule has 2 saturated carbocycles. The highest BCUT2D eigenvalue weighted by atomic mass is 16.5. The lowest BCUT2D eigenvalue weighted by Gasteiger charge is -2.42. The maximum atomic E-state index is 15.0. The fourth-order valence-electron chi connectivity index (χ4n) is 8.31. The standard InChI is InChI=1S/C32H50N8O4/c33-38-35-22-25-10-3-2-9-24(25)21-32(31(42)40-17-6-1-7-18-40)29(27-11-4-5-12-28(27)37-39-34)44-30(36-32)23-13-15-26(16-14-23)43-20-8-19-41/h23-26,29,41H,1-22H2/t23?,24?,25?,26?,29-,32-/m1/s1. The third-order valence-corrected chi connectivity index (χ3v) is 10.7. The summed E-state index contributed by atoms with van der Waals surface area (Å²) in [4.78, 5) is 28.6. The molecular weight excluding hydrogens is 560 g/mol. The van der Waals surface area contributed by atoms with Gasteiger partial charge in [0.1, 0.15) is 0 Å². The molecule has 0 aromatic rings. The van der Waals surface area contributed by atoms with Crippen molar-refractivity contribution in [3.8, 4) is 0 Å². The van der Waals surface area contributed by atoms with Gasteiger partial charge in [0.25, 0.3) is 5.91 Å². The number of piperidine rings is 1. The number of hydrogen-bond acceptors (Lipinski definition) is 7. The minimum absolute atomic E-state index is 0.0460. The van der Waals surface area contributed by atoms with Crippen molar-refractivity contribution in [3.05, 3.63) is 32.2 Å². The molecule has 2 heterocycles. The number of carbonyl (C=O) groups is 1. The Hall–Kier alpha value is -2.78. The smallest absolute Gasteiger partial charge is 0.254 e. The Kier molecular flexibility index (Phi) is 11.8. The van der Waals surface area contributed by atoms with Gasteiger partial charge in [0, 0.05) is 54.3 Å². The Bertz CT molecular complexity index is 1150. The Balaban J connectivity index is 1.53. The molecule has 3 fully saturated rings. The normalized spacial score (nSPS) is 32.7. The highest BCUT2D eigenvalue weighted by Gasteiger charge is 2.57. The van der Waals surface area contributed by atoms with E-state index < -0.39 is 11.6 Å². The van der Waals surface area contributed by atoms with E-state index in [9.17, 15) is 10.3 Å². The minimum atomic E-state index is -1.12. The van der Waals surface area contributed by atoms with Crippen LogP contribution >= 0.6 is 0 Å². The second-order valence-electron chi connectivity index (χ2n) is 13.4. The van der Waals surface area contributed by atoms with Crippen molar-refractivity contribution in [2.24, 2.45) is 33.0 Å². The predicted molar refractivity (Wildman–Crippen MR) is 168 cm³/mol. The van der Waals surface area contributed by atoms with Gasteiger partial charge in [-0.25, -0.2) is 4.99 Å². The molecular formula is C32H50N8O4. The van der Waals surface area contributed by atoms with Crippen molar-refractivity contribution in [1.82, 2.24) is 4.90 Å². The molecule has 4 atom stereocenters. The number of hydrogen-bond donors (Lipinski definition) is 1. The molecule has 242 valence electrons. The van der Waals surface area contributed by atoms with Gasteiger partial charge in [0.2, 0.25) is 0 Å². The number of rotatable bonds is 12. The predicted octanol–water partition coefficient (Wildman–Crippen LogP) is 7.14. The number of allylic oxidation sites excluding steroid dienone is 1. The van der Waals surface area contributed by atoms with Crippen LogP contribution in [0, 0.1) is 17.8 Å². The summed E-state index contributed by atoms with van der Waals surface area (Å²) in [6.45, 7) is 2.58. The minimum Gasteiger partial charge on any atom is -0.470 e. The first kappa shape index (κ1) is 32.6. The zero-order valence-corrected chi connectivity index (χ0v) is 26.2. The van der Waals surface area contributed by atoms with Crippen LogP contribution in [0.3, 0.4) is 0 Å². The summed E-state index contributed by atoms with van der Waals surface area (Å²) in [7, 11) is 0. The summed E-state index contributed by atoms with van der Waals surface area (Å²) in [5.74, 6) is 1.21. The lowest BCUT2D eigenvalue weighted by molar-refractivity contribution is -0.141. The SMILES string of the molecule is [N-]=[N+]=NCC1CCCCC1C[C@@]1(C(=O)N2CCCCC2)N=C(C2CCC(OCCCO)CC2)O[C@@H]1C1=C(N=[N+]=[N-])CCCC1. The first-order valence-corrected chi connectivity index (χ1v) is 17.2. The molecule has 44 heavy (non-hydrogen) atoms. The van der Waals surface area contributed by atoms with Crippen molar-refractivity contribution in [3.63, 3.8) is 0 Å². The molecule has 12 heteroatoms. The lowest BCUT2D eigenvalue weighted by atomic mass is 9.69. The summed E-state index contributed by atoms with van der Waals surface area (Å²) >= 11 is 0. The number of ether oxygens (including phenoxy) is 2. The van der Waals surface area contributed by atoms with Crippen LogP contribution in [-0.2, 0) is 14.3 Å². The van der Waals surface area contributed by atoms with Gasteiger partial charge in [0.15, 0.2) is 17.5 Å². The number of nitrogens with zero attached hydrogens (tertiary/aromatic N) is 8. The van der Waals surface area contributed by atoms with E-state index in [0.717, 1.165) is 109 Å². The van der Waals surface area contributed by atoms with E-state index in [4.69, 9.17) is 25.1 Å². The fourth-order valence-corrected chi connectivity index (χ4v) is 8.31. The molecule has 12 nitrogen and oxygen atoms in total. The van der Waals surface area contributed by atoms with Crippen LogP contribution < -0.4 is 0 Å². The summed E-state index contributed by atoms with van der Waals surface area (Å²) in [5, 5.41) is 17.3. The first-order chi connectivity index (χ1) is 21.6. The number of likely N-dealkylation sites (tertiary alicyclic amines) is 1. The maximum absolute atomic E-state index is 15.0. The number of aliphatic hydroxyl groups is 1. The molecule has 5 aliphatic rings. The number of aliphatic hydroxyl groups excluding tert-OH is 1. The Morgan fingerprint density at radius 1 is 0.977 bits per heavy atom. The van der Waals surface area contributed by atoms with E-state index in [0.29, 0.717) is 44.0 Å². The van der Waals surface area contributed by atoms with Gasteiger partial charge in [-0.3, -0.25) is 4.79 Å². The zero-order valence-electron chi connectivity index (χ0n) is 26.2. The van der Waals surface area contributed by atoms with Crippen molar-refractivity contribution in [1.29, 1.82) is 0 Å². The van der Waals surface area contributed by atoms with Gasteiger partial charge < -0.3 is 19.5 Å². The van der Waals surface area contributed by atoms with E-state index in [2.05, 4.69) is 20.1 Å². The van der Waals surface area contributed by atoms with E-state index in [1.54, 1.807) is 0 Å². The molecule has 5 rings (SSSR count). The molecule has 0 spiro atoms. The van der Waals surface area contributed by atoms with Crippen molar-refractivity contribution >= 4 is 11.8 Å². The first-order valence-electron chi connectivity index (χ1n) is 17.2. The molecule has 0 aromatic heterocycles. The topological polar surface area (TPSA) is 169 Å². The molecule has 1 amide bonds. The Morgan fingerprint density at radius 2 is 1.73 bits per heavy atom. The lowest BCUT2D eigenvalue weighted by Crippen LogP contribution is -2.56. The molecule has 3 aliphatic carbocycles. The van der Waals surface area contributed by atoms with E-state index in [1.165, 1.54) is 0 Å². The van der Waals surface area contributed by atoms with Crippen molar-refractivity contribution < 1.29 is 19.4 Å². The van der Waals surface area contributed by atoms with Crippen LogP contribution in [-0.4, -0.2) is 72.4 Å². The Labute approximate surface area is 260 Å². The van der Waals surface area contributed by atoms with Gasteiger partial charge in [-0.05, 0) is 112 Å². The van der Waals surface area contributed by atoms with Crippen LogP contribution in [0.5, 0.6) is 0 Å². The summed E-state index contributed by atoms with van der Waals surface area (Å²) in [6, 6.07) is 0. The molecule has 0 aromatic carbocycles. The van der Waals surface area contributed by atoms with E-state index >= 15 is 0 Å². The molecule has 2 unspecified atom stereocenters. The number of amides is 1. The molecule has 0 bridgehead atoms. The second-order valence-corrected chi connectivity index (χ2v) is 13.4. The summed E-state index contributed by atoms with van der Waals surface area (Å²) < 4.78 is 12.9. The van der Waals surface area contributed by atoms with E-state index in [1.807, 2.05) is 4.90 Å². The van der Waals surface area contributed by atoms with Crippen molar-refractivity contribution in [2.75, 3.05) is 32.8 Å². The van der Waals surface area contributed by atoms with Crippen molar-refractivity contribution in [2.45, 2.75) is 127 Å². The van der Waals surface area contributed by atoms with Gasteiger partial charge in [-0.2, -0.15) is 0 Å². The number of azide groups is 2. The van der Waals surface area contributed by atoms with Crippen LogP contribution in [0.2, 0.25) is 0 Å². The van der Waals surface area contributed by atoms with Gasteiger partial charge in [-0.1, -0.05) is 35.9 Å². The third-order valence-electron chi connectivity index (χ3n) is 10.7. The molecule has 2 aliphatic heterocycles. The highest BCUT2D eigenvalue weighted by molar-refractivity contribution is 5.95. The molecule has 1 N–H and O–H groups in total. The van der Waals surface area contributed by atoms with Gasteiger partial charge >= 0.3 is 0 Å². The number of carbonyl (C=O) groups excluding carboxylic acids is 1. The van der Waals surface area contributed by atoms with Crippen LogP contribution in [0.1, 0.15) is 109 Å². The molecule has 0 radical (unpaired) electrons.